The first kappa shape index (κ1) is 13.2. The summed E-state index contributed by atoms with van der Waals surface area (Å²) < 4.78 is 19.3. The van der Waals surface area contributed by atoms with Gasteiger partial charge in [0.25, 0.3) is 6.29 Å². The van der Waals surface area contributed by atoms with Crippen molar-refractivity contribution in [3.63, 3.8) is 0 Å². The van der Waals surface area contributed by atoms with E-state index in [-0.39, 0.29) is 5.57 Å². The Hall–Kier alpha value is -0.770. The van der Waals surface area contributed by atoms with Gasteiger partial charge in [0.2, 0.25) is 0 Å². The predicted molar refractivity (Wildman–Crippen MR) is 48.3 cm³/mol. The van der Waals surface area contributed by atoms with Crippen LogP contribution in [0.2, 0.25) is 0 Å². The topological polar surface area (TPSA) is 75.7 Å². The van der Waals surface area contributed by atoms with E-state index in [1.54, 1.807) is 0 Å². The molecule has 5 nitrogen and oxygen atoms in total. The smallest absolute Gasteiger partial charge is 0.492 e. The summed E-state index contributed by atoms with van der Waals surface area (Å²) in [6, 6.07) is 0. The number of carbonyl (C=O) groups is 1. The second-order valence-corrected chi connectivity index (χ2v) is 3.39. The largest absolute Gasteiger partial charge is 0.566 e. The lowest BCUT2D eigenvalue weighted by Crippen LogP contribution is -2.20. The third-order valence-electron chi connectivity index (χ3n) is 1.31. The molecule has 0 aliphatic heterocycles. The third-order valence-corrected chi connectivity index (χ3v) is 1.72. The van der Waals surface area contributed by atoms with Gasteiger partial charge in [0.05, 0.1) is 0 Å². The first-order chi connectivity index (χ1) is 6.47. The maximum Gasteiger partial charge on any atom is 0.492 e. The normalized spacial score (nSPS) is 13.2. The molecule has 0 spiro atoms. The minimum absolute atomic E-state index is 0.204. The zero-order chi connectivity index (χ0) is 11.1. The molecule has 6 heteroatoms. The van der Waals surface area contributed by atoms with Crippen LogP contribution in [0.25, 0.3) is 0 Å². The fraction of sp³-hybridized carbons (Fsp3) is 0.625. The van der Waals surface area contributed by atoms with E-state index < -0.39 is 20.5 Å². The molecule has 0 N–H and O–H groups in total. The van der Waals surface area contributed by atoms with E-state index in [9.17, 15) is 14.3 Å². The van der Waals surface area contributed by atoms with E-state index >= 15 is 0 Å². The fourth-order valence-corrected chi connectivity index (χ4v) is 1.03. The van der Waals surface area contributed by atoms with E-state index in [1.807, 2.05) is 6.92 Å². The van der Waals surface area contributed by atoms with Gasteiger partial charge in [-0.1, -0.05) is 19.9 Å². The predicted octanol–water partition coefficient (Wildman–Crippen LogP) is 1.27. The van der Waals surface area contributed by atoms with Crippen LogP contribution in [0.15, 0.2) is 12.2 Å². The summed E-state index contributed by atoms with van der Waals surface area (Å²) in [6.45, 7) is 6.66. The number of rotatable bonds is 6. The second-order valence-electron chi connectivity index (χ2n) is 2.73. The molecular weight excluding hydrogens is 207 g/mol. The Kier molecular flexibility index (Phi) is 6.28. The Labute approximate surface area is 83.7 Å². The van der Waals surface area contributed by atoms with Crippen LogP contribution < -0.4 is 4.89 Å². The lowest BCUT2D eigenvalue weighted by Gasteiger charge is -2.11. The summed E-state index contributed by atoms with van der Waals surface area (Å²) in [7, 11) is -3.01. The van der Waals surface area contributed by atoms with Crippen LogP contribution in [-0.2, 0) is 18.6 Å². The van der Waals surface area contributed by atoms with Gasteiger partial charge in [-0.2, -0.15) is 0 Å². The molecule has 14 heavy (non-hydrogen) atoms. The maximum absolute atomic E-state index is 11.0. The van der Waals surface area contributed by atoms with Gasteiger partial charge >= 0.3 is 14.2 Å². The molecular formula is C8H13O5P. The molecule has 0 saturated carbocycles. The minimum Gasteiger partial charge on any atom is -0.566 e. The molecule has 80 valence electrons. The van der Waals surface area contributed by atoms with E-state index in [1.165, 1.54) is 6.92 Å². The standard InChI is InChI=1S/C8H13O5P/c1-4-5-7(13-14(10)11)12-8(9)6(2)3/h7H,2,4-5H2,1,3H3. The van der Waals surface area contributed by atoms with Crippen LogP contribution in [0.5, 0.6) is 0 Å². The summed E-state index contributed by atoms with van der Waals surface area (Å²) in [5.74, 6) is -0.653. The molecule has 0 aliphatic rings. The number of ether oxygens (including phenoxy) is 1. The molecule has 2 atom stereocenters. The Morgan fingerprint density at radius 2 is 2.21 bits per heavy atom. The molecule has 0 fully saturated rings. The lowest BCUT2D eigenvalue weighted by atomic mass is 10.3. The quantitative estimate of drug-likeness (QED) is 0.291. The van der Waals surface area contributed by atoms with Crippen LogP contribution in [0.4, 0.5) is 0 Å². The Bertz CT molecular complexity index is 238. The molecule has 0 heterocycles. The number of hydrogen-bond donors (Lipinski definition) is 0. The summed E-state index contributed by atoms with van der Waals surface area (Å²) >= 11 is 0. The monoisotopic (exact) mass is 220 g/mol. The van der Waals surface area contributed by atoms with Crippen molar-refractivity contribution in [3.8, 4) is 0 Å². The van der Waals surface area contributed by atoms with Gasteiger partial charge in [-0.15, -0.1) is 4.52 Å². The van der Waals surface area contributed by atoms with Crippen LogP contribution in [-0.4, -0.2) is 12.3 Å². The summed E-state index contributed by atoms with van der Waals surface area (Å²) in [5.41, 5.74) is 0.204. The molecule has 0 saturated heterocycles. The highest BCUT2D eigenvalue weighted by Gasteiger charge is 2.20. The van der Waals surface area contributed by atoms with E-state index in [0.717, 1.165) is 0 Å². The SMILES string of the molecule is C=C(C)C(=O)OC(CCC)O[P+](=O)[O-]. The zero-order valence-electron chi connectivity index (χ0n) is 8.19. The van der Waals surface area contributed by atoms with Gasteiger partial charge in [-0.3, -0.25) is 0 Å². The van der Waals surface area contributed by atoms with Crippen LogP contribution >= 0.6 is 8.25 Å². The first-order valence-electron chi connectivity index (χ1n) is 4.15. The Balaban J connectivity index is 4.14. The number of esters is 1. The highest BCUT2D eigenvalue weighted by molar-refractivity contribution is 7.30. The maximum atomic E-state index is 11.0. The summed E-state index contributed by atoms with van der Waals surface area (Å²) in [5, 5.41) is 0. The molecule has 0 amide bonds. The average Bonchev–Trinajstić information content (AvgIpc) is 2.02. The third kappa shape index (κ3) is 5.80. The second kappa shape index (κ2) is 6.65. The highest BCUT2D eigenvalue weighted by atomic mass is 31.1. The van der Waals surface area contributed by atoms with Crippen LogP contribution in [0.3, 0.4) is 0 Å². The number of hydrogen-bond acceptors (Lipinski definition) is 5. The fourth-order valence-electron chi connectivity index (χ4n) is 0.685. The summed E-state index contributed by atoms with van der Waals surface area (Å²) in [6.07, 6.45) is -0.0510. The molecule has 0 bridgehead atoms. The van der Waals surface area contributed by atoms with Crippen molar-refractivity contribution in [3.05, 3.63) is 12.2 Å². The first-order valence-corrected chi connectivity index (χ1v) is 5.24. The molecule has 0 aromatic heterocycles. The van der Waals surface area contributed by atoms with Gasteiger partial charge in [-0.05, 0) is 11.5 Å². The molecule has 0 aliphatic carbocycles. The highest BCUT2D eigenvalue weighted by Crippen LogP contribution is 2.18. The van der Waals surface area contributed by atoms with E-state index in [4.69, 9.17) is 4.74 Å². The zero-order valence-corrected chi connectivity index (χ0v) is 9.08. The Morgan fingerprint density at radius 3 is 2.57 bits per heavy atom. The van der Waals surface area contributed by atoms with E-state index in [0.29, 0.717) is 12.8 Å². The van der Waals surface area contributed by atoms with Gasteiger partial charge in [0.1, 0.15) is 0 Å². The van der Waals surface area contributed by atoms with Crippen molar-refractivity contribution in [1.82, 2.24) is 0 Å². The van der Waals surface area contributed by atoms with Gasteiger partial charge < -0.3 is 9.63 Å². The van der Waals surface area contributed by atoms with Gasteiger partial charge in [0, 0.05) is 12.0 Å². The van der Waals surface area contributed by atoms with Crippen molar-refractivity contribution in [2.75, 3.05) is 0 Å². The van der Waals surface area contributed by atoms with Crippen molar-refractivity contribution in [2.24, 2.45) is 0 Å². The number of carbonyl (C=O) groups excluding carboxylic acids is 1. The molecule has 0 aromatic carbocycles. The minimum atomic E-state index is -3.01. The molecule has 0 aromatic rings. The van der Waals surface area contributed by atoms with Crippen molar-refractivity contribution in [2.45, 2.75) is 33.0 Å². The Morgan fingerprint density at radius 1 is 1.64 bits per heavy atom. The van der Waals surface area contributed by atoms with Gasteiger partial charge in [-0.25, -0.2) is 4.79 Å². The van der Waals surface area contributed by atoms with Crippen LogP contribution in [0, 0.1) is 0 Å². The average molecular weight is 220 g/mol. The molecule has 0 rings (SSSR count). The van der Waals surface area contributed by atoms with Crippen molar-refractivity contribution >= 4 is 14.2 Å². The van der Waals surface area contributed by atoms with Crippen molar-refractivity contribution in [1.29, 1.82) is 0 Å². The summed E-state index contributed by atoms with van der Waals surface area (Å²) in [4.78, 5) is 21.2. The lowest BCUT2D eigenvalue weighted by molar-refractivity contribution is -0.206. The molecule has 2 unspecified atom stereocenters. The van der Waals surface area contributed by atoms with Crippen molar-refractivity contribution < 1.29 is 23.5 Å². The molecule has 0 radical (unpaired) electrons. The van der Waals surface area contributed by atoms with Crippen LogP contribution in [0.1, 0.15) is 26.7 Å². The van der Waals surface area contributed by atoms with Gasteiger partial charge in [0.15, 0.2) is 0 Å². The van der Waals surface area contributed by atoms with E-state index in [2.05, 4.69) is 11.1 Å².